The van der Waals surface area contributed by atoms with Gasteiger partial charge in [0.2, 0.25) is 11.7 Å². The zero-order valence-corrected chi connectivity index (χ0v) is 13.4. The largest absolute Gasteiger partial charge is 0.497 e. The maximum Gasteiger partial charge on any atom is 0.241 e. The van der Waals surface area contributed by atoms with Crippen LogP contribution in [0, 0.1) is 0 Å². The third kappa shape index (κ3) is 3.89. The Hall–Kier alpha value is -1.92. The van der Waals surface area contributed by atoms with Crippen LogP contribution < -0.4 is 4.74 Å². The van der Waals surface area contributed by atoms with Gasteiger partial charge in [0.25, 0.3) is 0 Å². The highest BCUT2D eigenvalue weighted by molar-refractivity contribution is 5.55. The lowest BCUT2D eigenvalue weighted by molar-refractivity contribution is 0.100. The van der Waals surface area contributed by atoms with Crippen molar-refractivity contribution in [2.24, 2.45) is 0 Å². The van der Waals surface area contributed by atoms with E-state index in [1.54, 1.807) is 7.11 Å². The number of piperidine rings is 1. The first-order valence-corrected chi connectivity index (χ1v) is 8.12. The predicted molar refractivity (Wildman–Crippen MR) is 86.0 cm³/mol. The summed E-state index contributed by atoms with van der Waals surface area (Å²) in [5.41, 5.74) is 0.909. The van der Waals surface area contributed by atoms with Crippen LogP contribution in [0.4, 0.5) is 0 Å². The van der Waals surface area contributed by atoms with Gasteiger partial charge in [-0.25, -0.2) is 0 Å². The fourth-order valence-electron chi connectivity index (χ4n) is 3.09. The molecule has 2 heterocycles. The number of rotatable bonds is 6. The van der Waals surface area contributed by atoms with Crippen molar-refractivity contribution in [3.63, 3.8) is 0 Å². The molecule has 1 aromatic heterocycles. The van der Waals surface area contributed by atoms with E-state index in [1.807, 2.05) is 24.3 Å². The van der Waals surface area contributed by atoms with Crippen LogP contribution in [0.3, 0.4) is 0 Å². The quantitative estimate of drug-likeness (QED) is 0.882. The molecule has 124 valence electrons. The molecule has 23 heavy (non-hydrogen) atoms. The van der Waals surface area contributed by atoms with Crippen LogP contribution in [-0.2, 0) is 6.54 Å². The van der Waals surface area contributed by atoms with E-state index in [0.29, 0.717) is 24.3 Å². The second-order valence-corrected chi connectivity index (χ2v) is 5.87. The zero-order valence-electron chi connectivity index (χ0n) is 13.4. The lowest BCUT2D eigenvalue weighted by Gasteiger charge is -2.34. The highest BCUT2D eigenvalue weighted by Gasteiger charge is 2.24. The van der Waals surface area contributed by atoms with Gasteiger partial charge in [0.1, 0.15) is 5.75 Å². The van der Waals surface area contributed by atoms with Crippen LogP contribution in [0.1, 0.15) is 31.6 Å². The standard InChI is InChI=1S/C17H23N3O3/c1-22-15-7-5-13(6-8-15)17-18-16(23-19-17)12-20-10-3-2-4-14(20)9-11-21/h5-8,14,21H,2-4,9-12H2,1H3/t14-/m1/s1. The number of benzene rings is 1. The van der Waals surface area contributed by atoms with Crippen molar-refractivity contribution < 1.29 is 14.4 Å². The molecule has 1 atom stereocenters. The van der Waals surface area contributed by atoms with E-state index in [-0.39, 0.29) is 6.61 Å². The molecule has 3 rings (SSSR count). The molecule has 0 bridgehead atoms. The Morgan fingerprint density at radius 1 is 1.30 bits per heavy atom. The smallest absolute Gasteiger partial charge is 0.241 e. The number of hydrogen-bond acceptors (Lipinski definition) is 6. The monoisotopic (exact) mass is 317 g/mol. The molecule has 1 fully saturated rings. The number of ether oxygens (including phenoxy) is 1. The first-order chi connectivity index (χ1) is 11.3. The Balaban J connectivity index is 1.68. The number of aromatic nitrogens is 2. The van der Waals surface area contributed by atoms with Gasteiger partial charge < -0.3 is 14.4 Å². The van der Waals surface area contributed by atoms with Gasteiger partial charge in [0.15, 0.2) is 0 Å². The molecular weight excluding hydrogens is 294 g/mol. The maximum atomic E-state index is 9.21. The molecule has 1 aliphatic heterocycles. The normalized spacial score (nSPS) is 19.0. The molecule has 0 amide bonds. The Bertz CT molecular complexity index is 610. The van der Waals surface area contributed by atoms with E-state index in [0.717, 1.165) is 30.7 Å². The summed E-state index contributed by atoms with van der Waals surface area (Å²) in [5, 5.41) is 13.3. The van der Waals surface area contributed by atoms with E-state index < -0.39 is 0 Å². The molecule has 1 aromatic carbocycles. The molecule has 0 radical (unpaired) electrons. The summed E-state index contributed by atoms with van der Waals surface area (Å²) in [4.78, 5) is 6.84. The molecule has 0 unspecified atom stereocenters. The number of hydrogen-bond donors (Lipinski definition) is 1. The van der Waals surface area contributed by atoms with Gasteiger partial charge in [-0.2, -0.15) is 4.98 Å². The first-order valence-electron chi connectivity index (χ1n) is 8.12. The van der Waals surface area contributed by atoms with Crippen LogP contribution in [0.15, 0.2) is 28.8 Å². The third-order valence-corrected chi connectivity index (χ3v) is 4.37. The average molecular weight is 317 g/mol. The zero-order chi connectivity index (χ0) is 16.1. The second kappa shape index (κ2) is 7.57. The Kier molecular flexibility index (Phi) is 5.25. The van der Waals surface area contributed by atoms with Gasteiger partial charge in [-0.15, -0.1) is 0 Å². The molecule has 6 heteroatoms. The summed E-state index contributed by atoms with van der Waals surface area (Å²) < 4.78 is 10.6. The van der Waals surface area contributed by atoms with Crippen molar-refractivity contribution >= 4 is 0 Å². The number of methoxy groups -OCH3 is 1. The lowest BCUT2D eigenvalue weighted by Crippen LogP contribution is -2.39. The fourth-order valence-corrected chi connectivity index (χ4v) is 3.09. The van der Waals surface area contributed by atoms with E-state index in [2.05, 4.69) is 15.0 Å². The third-order valence-electron chi connectivity index (χ3n) is 4.37. The number of aliphatic hydroxyl groups is 1. The molecule has 1 aliphatic rings. The molecule has 1 saturated heterocycles. The van der Waals surface area contributed by atoms with Crippen LogP contribution in [0.25, 0.3) is 11.4 Å². The van der Waals surface area contributed by atoms with Gasteiger partial charge >= 0.3 is 0 Å². The summed E-state index contributed by atoms with van der Waals surface area (Å²) in [7, 11) is 1.64. The number of likely N-dealkylation sites (tertiary alicyclic amines) is 1. The Morgan fingerprint density at radius 3 is 2.87 bits per heavy atom. The van der Waals surface area contributed by atoms with Gasteiger partial charge in [-0.1, -0.05) is 11.6 Å². The van der Waals surface area contributed by atoms with E-state index in [1.165, 1.54) is 12.8 Å². The molecule has 0 spiro atoms. The van der Waals surface area contributed by atoms with E-state index in [4.69, 9.17) is 9.26 Å². The van der Waals surface area contributed by atoms with Crippen molar-refractivity contribution in [3.8, 4) is 17.1 Å². The SMILES string of the molecule is COc1ccc(-c2noc(CN3CCCC[C@@H]3CCO)n2)cc1. The van der Waals surface area contributed by atoms with Crippen LogP contribution in [0.5, 0.6) is 5.75 Å². The van der Waals surface area contributed by atoms with E-state index in [9.17, 15) is 5.11 Å². The minimum Gasteiger partial charge on any atom is -0.497 e. The van der Waals surface area contributed by atoms with Crippen molar-refractivity contribution in [1.29, 1.82) is 0 Å². The first kappa shape index (κ1) is 16.0. The summed E-state index contributed by atoms with van der Waals surface area (Å²) >= 11 is 0. The Morgan fingerprint density at radius 2 is 2.13 bits per heavy atom. The second-order valence-electron chi connectivity index (χ2n) is 5.87. The molecular formula is C17H23N3O3. The number of nitrogens with zero attached hydrogens (tertiary/aromatic N) is 3. The summed E-state index contributed by atoms with van der Waals surface area (Å²) in [6.45, 7) is 1.89. The highest BCUT2D eigenvalue weighted by atomic mass is 16.5. The van der Waals surface area contributed by atoms with Gasteiger partial charge in [0.05, 0.1) is 13.7 Å². The highest BCUT2D eigenvalue weighted by Crippen LogP contribution is 2.23. The van der Waals surface area contributed by atoms with Crippen molar-refractivity contribution in [3.05, 3.63) is 30.2 Å². The predicted octanol–water partition coefficient (Wildman–Crippen LogP) is 2.48. The van der Waals surface area contributed by atoms with Crippen LogP contribution >= 0.6 is 0 Å². The molecule has 6 nitrogen and oxygen atoms in total. The van der Waals surface area contributed by atoms with Gasteiger partial charge in [-0.05, 0) is 50.1 Å². The number of aliphatic hydroxyl groups excluding tert-OH is 1. The average Bonchev–Trinajstić information content (AvgIpc) is 3.05. The molecule has 0 aliphatic carbocycles. The van der Waals surface area contributed by atoms with Crippen molar-refractivity contribution in [1.82, 2.24) is 15.0 Å². The molecule has 0 saturated carbocycles. The van der Waals surface area contributed by atoms with E-state index >= 15 is 0 Å². The summed E-state index contributed by atoms with van der Waals surface area (Å²) in [6, 6.07) is 8.01. The van der Waals surface area contributed by atoms with Gasteiger partial charge in [0, 0.05) is 18.2 Å². The lowest BCUT2D eigenvalue weighted by atomic mass is 10.00. The Labute approximate surface area is 136 Å². The van der Waals surface area contributed by atoms with Crippen LogP contribution in [0.2, 0.25) is 0 Å². The summed E-state index contributed by atoms with van der Waals surface area (Å²) in [5.74, 6) is 2.02. The van der Waals surface area contributed by atoms with Gasteiger partial charge in [-0.3, -0.25) is 4.90 Å². The fraction of sp³-hybridized carbons (Fsp3) is 0.529. The van der Waals surface area contributed by atoms with Crippen molar-refractivity contribution in [2.75, 3.05) is 20.3 Å². The summed E-state index contributed by atoms with van der Waals surface area (Å²) in [6.07, 6.45) is 4.34. The topological polar surface area (TPSA) is 71.6 Å². The molecule has 1 N–H and O–H groups in total. The minimum absolute atomic E-state index is 0.224. The van der Waals surface area contributed by atoms with Crippen LogP contribution in [-0.4, -0.2) is 46.5 Å². The minimum atomic E-state index is 0.224. The maximum absolute atomic E-state index is 9.21. The molecule has 2 aromatic rings. The van der Waals surface area contributed by atoms with Crippen molar-refractivity contribution in [2.45, 2.75) is 38.3 Å².